The molecule has 1 aromatic carbocycles. The van der Waals surface area contributed by atoms with Gasteiger partial charge >= 0.3 is 0 Å². The maximum Gasteiger partial charge on any atom is 0.244 e. The number of sulfonamides is 1. The van der Waals surface area contributed by atoms with Gasteiger partial charge in [-0.15, -0.1) is 0 Å². The standard InChI is InChI=1S/C14H15FN2O3S/c15-11-3-1-6-14(10(11)9-16)21(18,19)17-7-8-20-13-5-2-4-12(13)17/h1,3,6,12-13H,2,4-5,7-8H2. The average Bonchev–Trinajstić information content (AvgIpc) is 2.95. The van der Waals surface area contributed by atoms with Crippen molar-refractivity contribution in [2.45, 2.75) is 36.3 Å². The Morgan fingerprint density at radius 3 is 2.95 bits per heavy atom. The third kappa shape index (κ3) is 2.33. The number of fused-ring (bicyclic) bond motifs is 1. The molecule has 1 aliphatic heterocycles. The molecule has 0 bridgehead atoms. The van der Waals surface area contributed by atoms with Gasteiger partial charge in [0.05, 0.1) is 18.8 Å². The monoisotopic (exact) mass is 310 g/mol. The molecule has 0 amide bonds. The van der Waals surface area contributed by atoms with Gasteiger partial charge in [0.15, 0.2) is 0 Å². The van der Waals surface area contributed by atoms with Gasteiger partial charge in [-0.25, -0.2) is 12.8 Å². The molecule has 5 nitrogen and oxygen atoms in total. The zero-order valence-corrected chi connectivity index (χ0v) is 12.1. The molecule has 2 aliphatic rings. The lowest BCUT2D eigenvalue weighted by Crippen LogP contribution is -2.51. The van der Waals surface area contributed by atoms with Crippen LogP contribution in [0, 0.1) is 17.1 Å². The summed E-state index contributed by atoms with van der Waals surface area (Å²) in [6.45, 7) is 0.572. The highest BCUT2D eigenvalue weighted by atomic mass is 32.2. The van der Waals surface area contributed by atoms with Gasteiger partial charge in [-0.1, -0.05) is 6.07 Å². The lowest BCUT2D eigenvalue weighted by Gasteiger charge is -2.36. The van der Waals surface area contributed by atoms with E-state index in [1.54, 1.807) is 6.07 Å². The van der Waals surface area contributed by atoms with E-state index < -0.39 is 21.4 Å². The van der Waals surface area contributed by atoms with Crippen LogP contribution in [-0.2, 0) is 14.8 Å². The van der Waals surface area contributed by atoms with Crippen LogP contribution in [-0.4, -0.2) is 38.0 Å². The second-order valence-electron chi connectivity index (χ2n) is 5.25. The number of hydrogen-bond donors (Lipinski definition) is 0. The summed E-state index contributed by atoms with van der Waals surface area (Å²) < 4.78 is 46.3. The molecule has 2 atom stereocenters. The van der Waals surface area contributed by atoms with Crippen LogP contribution in [0.3, 0.4) is 0 Å². The minimum Gasteiger partial charge on any atom is -0.375 e. The number of benzene rings is 1. The van der Waals surface area contributed by atoms with E-state index in [4.69, 9.17) is 10.00 Å². The van der Waals surface area contributed by atoms with E-state index in [0.717, 1.165) is 25.3 Å². The average molecular weight is 310 g/mol. The summed E-state index contributed by atoms with van der Waals surface area (Å²) in [6, 6.07) is 5.14. The van der Waals surface area contributed by atoms with Gasteiger partial charge in [0.1, 0.15) is 22.3 Å². The molecular formula is C14H15FN2O3S. The fourth-order valence-corrected chi connectivity index (χ4v) is 4.96. The third-order valence-electron chi connectivity index (χ3n) is 4.11. The summed E-state index contributed by atoms with van der Waals surface area (Å²) in [6.07, 6.45) is 2.40. The Hall–Kier alpha value is -1.49. The Kier molecular flexibility index (Phi) is 3.69. The number of nitrogens with zero attached hydrogens (tertiary/aromatic N) is 2. The summed E-state index contributed by atoms with van der Waals surface area (Å²) in [5.41, 5.74) is -0.418. The molecule has 0 radical (unpaired) electrons. The van der Waals surface area contributed by atoms with Crippen molar-refractivity contribution in [3.63, 3.8) is 0 Å². The third-order valence-corrected chi connectivity index (χ3v) is 6.07. The summed E-state index contributed by atoms with van der Waals surface area (Å²) in [7, 11) is -3.89. The molecule has 112 valence electrons. The fourth-order valence-electron chi connectivity index (χ4n) is 3.14. The zero-order valence-electron chi connectivity index (χ0n) is 11.3. The molecule has 21 heavy (non-hydrogen) atoms. The van der Waals surface area contributed by atoms with E-state index >= 15 is 0 Å². The highest BCUT2D eigenvalue weighted by Gasteiger charge is 2.43. The van der Waals surface area contributed by atoms with E-state index in [-0.39, 0.29) is 23.6 Å². The van der Waals surface area contributed by atoms with Crippen LogP contribution < -0.4 is 0 Å². The van der Waals surface area contributed by atoms with Crippen molar-refractivity contribution < 1.29 is 17.5 Å². The van der Waals surface area contributed by atoms with Crippen molar-refractivity contribution in [1.82, 2.24) is 4.31 Å². The second-order valence-corrected chi connectivity index (χ2v) is 7.11. The molecule has 2 unspecified atom stereocenters. The van der Waals surface area contributed by atoms with E-state index in [1.165, 1.54) is 16.4 Å². The van der Waals surface area contributed by atoms with Crippen molar-refractivity contribution >= 4 is 10.0 Å². The number of ether oxygens (including phenoxy) is 1. The van der Waals surface area contributed by atoms with Crippen molar-refractivity contribution in [2.24, 2.45) is 0 Å². The van der Waals surface area contributed by atoms with Crippen LogP contribution >= 0.6 is 0 Å². The number of halogens is 1. The van der Waals surface area contributed by atoms with Crippen LogP contribution in [0.2, 0.25) is 0 Å². The smallest absolute Gasteiger partial charge is 0.244 e. The van der Waals surface area contributed by atoms with Crippen LogP contribution in [0.25, 0.3) is 0 Å². The van der Waals surface area contributed by atoms with Crippen LogP contribution in [0.5, 0.6) is 0 Å². The molecule has 1 aromatic rings. The highest BCUT2D eigenvalue weighted by molar-refractivity contribution is 7.89. The first kappa shape index (κ1) is 14.4. The maximum atomic E-state index is 13.7. The van der Waals surface area contributed by atoms with Gasteiger partial charge in [0.25, 0.3) is 0 Å². The number of nitriles is 1. The quantitative estimate of drug-likeness (QED) is 0.832. The molecule has 0 N–H and O–H groups in total. The molecule has 0 aromatic heterocycles. The van der Waals surface area contributed by atoms with Gasteiger partial charge in [-0.2, -0.15) is 9.57 Å². The molecule has 1 saturated heterocycles. The topological polar surface area (TPSA) is 70.4 Å². The molecule has 1 heterocycles. The lowest BCUT2D eigenvalue weighted by atomic mass is 10.2. The predicted molar refractivity (Wildman–Crippen MR) is 72.4 cm³/mol. The van der Waals surface area contributed by atoms with Crippen molar-refractivity contribution in [3.8, 4) is 6.07 Å². The van der Waals surface area contributed by atoms with Gasteiger partial charge in [0, 0.05) is 6.54 Å². The summed E-state index contributed by atoms with van der Waals surface area (Å²) in [5.74, 6) is -0.810. The van der Waals surface area contributed by atoms with E-state index in [1.807, 2.05) is 0 Å². The van der Waals surface area contributed by atoms with Crippen molar-refractivity contribution in [3.05, 3.63) is 29.6 Å². The zero-order chi connectivity index (χ0) is 15.0. The predicted octanol–water partition coefficient (Wildman–Crippen LogP) is 1.64. The fraction of sp³-hybridized carbons (Fsp3) is 0.500. The largest absolute Gasteiger partial charge is 0.375 e. The first-order valence-corrected chi connectivity index (χ1v) is 8.32. The molecule has 1 aliphatic carbocycles. The van der Waals surface area contributed by atoms with Gasteiger partial charge < -0.3 is 4.74 Å². The van der Waals surface area contributed by atoms with Crippen LogP contribution in [0.4, 0.5) is 4.39 Å². The molecule has 0 spiro atoms. The van der Waals surface area contributed by atoms with Crippen LogP contribution in [0.15, 0.2) is 23.1 Å². The Balaban J connectivity index is 2.05. The van der Waals surface area contributed by atoms with Gasteiger partial charge in [-0.3, -0.25) is 0 Å². The minimum atomic E-state index is -3.89. The Morgan fingerprint density at radius 2 is 2.19 bits per heavy atom. The maximum absolute atomic E-state index is 13.7. The van der Waals surface area contributed by atoms with E-state index in [9.17, 15) is 12.8 Å². The molecular weight excluding hydrogens is 295 g/mol. The summed E-state index contributed by atoms with van der Waals surface area (Å²) in [5, 5.41) is 9.05. The Morgan fingerprint density at radius 1 is 1.38 bits per heavy atom. The normalized spacial score (nSPS) is 26.3. The second kappa shape index (κ2) is 5.37. The van der Waals surface area contributed by atoms with Gasteiger partial charge in [-0.05, 0) is 31.4 Å². The number of rotatable bonds is 2. The summed E-state index contributed by atoms with van der Waals surface area (Å²) in [4.78, 5) is -0.252. The summed E-state index contributed by atoms with van der Waals surface area (Å²) >= 11 is 0. The van der Waals surface area contributed by atoms with Crippen molar-refractivity contribution in [1.29, 1.82) is 5.26 Å². The van der Waals surface area contributed by atoms with Gasteiger partial charge in [0.2, 0.25) is 10.0 Å². The Bertz CT molecular complexity index is 699. The lowest BCUT2D eigenvalue weighted by molar-refractivity contribution is -0.0241. The van der Waals surface area contributed by atoms with E-state index in [0.29, 0.717) is 6.61 Å². The first-order chi connectivity index (χ1) is 10.1. The number of morpholine rings is 1. The van der Waals surface area contributed by atoms with E-state index in [2.05, 4.69) is 0 Å². The Labute approximate surface area is 123 Å². The van der Waals surface area contributed by atoms with Crippen LogP contribution in [0.1, 0.15) is 24.8 Å². The molecule has 2 fully saturated rings. The van der Waals surface area contributed by atoms with Crippen molar-refractivity contribution in [2.75, 3.05) is 13.2 Å². The molecule has 1 saturated carbocycles. The first-order valence-electron chi connectivity index (χ1n) is 6.88. The highest BCUT2D eigenvalue weighted by Crippen LogP contribution is 2.34. The minimum absolute atomic E-state index is 0.0902. The molecule has 7 heteroatoms. The molecule has 3 rings (SSSR count). The number of hydrogen-bond acceptors (Lipinski definition) is 4. The SMILES string of the molecule is N#Cc1c(F)cccc1S(=O)(=O)N1CCOC2CCCC21.